The summed E-state index contributed by atoms with van der Waals surface area (Å²) < 4.78 is 4.99. The number of amides is 2. The molecule has 124 valence electrons. The molecule has 0 heterocycles. The molecular formula is C17H17N3O4. The van der Waals surface area contributed by atoms with Gasteiger partial charge in [0.1, 0.15) is 0 Å². The Labute approximate surface area is 139 Å². The topological polar surface area (TPSA) is 100 Å². The van der Waals surface area contributed by atoms with Crippen molar-refractivity contribution < 1.29 is 19.4 Å². The summed E-state index contributed by atoms with van der Waals surface area (Å²) in [6, 6.07) is 11.3. The van der Waals surface area contributed by atoms with Gasteiger partial charge in [0.05, 0.1) is 13.3 Å². The lowest BCUT2D eigenvalue weighted by Crippen LogP contribution is -2.17. The monoisotopic (exact) mass is 327 g/mol. The second-order valence-electron chi connectivity index (χ2n) is 4.86. The summed E-state index contributed by atoms with van der Waals surface area (Å²) in [6.07, 6.45) is 1.32. The Morgan fingerprint density at radius 2 is 1.88 bits per heavy atom. The average Bonchev–Trinajstić information content (AvgIpc) is 2.56. The standard InChI is InChI=1S/C17H17N3O4/c1-11(21)19-14-8-6-12(7-9-14)17(23)20-18-10-13-4-3-5-15(24-2)16(13)22/h3-10,22H,1-2H3,(H,19,21)(H,20,23)/b18-10-. The number of nitrogens with one attached hydrogen (secondary N) is 2. The Morgan fingerprint density at radius 1 is 1.17 bits per heavy atom. The van der Waals surface area contributed by atoms with E-state index in [4.69, 9.17) is 4.74 Å². The first-order valence-electron chi connectivity index (χ1n) is 7.08. The van der Waals surface area contributed by atoms with Crippen LogP contribution < -0.4 is 15.5 Å². The van der Waals surface area contributed by atoms with Crippen LogP contribution in [0, 0.1) is 0 Å². The molecule has 24 heavy (non-hydrogen) atoms. The van der Waals surface area contributed by atoms with Gasteiger partial charge in [0, 0.05) is 23.7 Å². The number of nitrogens with zero attached hydrogens (tertiary/aromatic N) is 1. The average molecular weight is 327 g/mol. The summed E-state index contributed by atoms with van der Waals surface area (Å²) in [5.41, 5.74) is 3.76. The summed E-state index contributed by atoms with van der Waals surface area (Å²) >= 11 is 0. The number of carbonyl (C=O) groups is 2. The molecule has 2 amide bonds. The van der Waals surface area contributed by atoms with Crippen LogP contribution in [-0.4, -0.2) is 30.2 Å². The van der Waals surface area contributed by atoms with E-state index in [1.807, 2.05) is 0 Å². The summed E-state index contributed by atoms with van der Waals surface area (Å²) in [6.45, 7) is 1.41. The minimum absolute atomic E-state index is 0.0577. The second-order valence-corrected chi connectivity index (χ2v) is 4.86. The maximum atomic E-state index is 12.0. The van der Waals surface area contributed by atoms with Crippen molar-refractivity contribution in [2.75, 3.05) is 12.4 Å². The number of phenolic OH excluding ortho intramolecular Hbond substituents is 1. The molecule has 3 N–H and O–H groups in total. The molecule has 2 rings (SSSR count). The number of benzene rings is 2. The van der Waals surface area contributed by atoms with Crippen LogP contribution in [0.1, 0.15) is 22.8 Å². The van der Waals surface area contributed by atoms with Gasteiger partial charge in [-0.1, -0.05) is 6.07 Å². The third-order valence-corrected chi connectivity index (χ3v) is 3.09. The van der Waals surface area contributed by atoms with Crippen molar-refractivity contribution in [2.45, 2.75) is 6.92 Å². The molecule has 7 nitrogen and oxygen atoms in total. The van der Waals surface area contributed by atoms with E-state index in [2.05, 4.69) is 15.8 Å². The number of para-hydroxylation sites is 1. The van der Waals surface area contributed by atoms with E-state index in [0.29, 0.717) is 22.6 Å². The summed E-state index contributed by atoms with van der Waals surface area (Å²) in [5.74, 6) is -0.339. The first-order chi connectivity index (χ1) is 11.5. The Hall–Kier alpha value is -3.35. The Kier molecular flexibility index (Phi) is 5.51. The lowest BCUT2D eigenvalue weighted by atomic mass is 10.2. The predicted octanol–water partition coefficient (Wildman–Crippen LogP) is 2.12. The summed E-state index contributed by atoms with van der Waals surface area (Å²) in [7, 11) is 1.45. The van der Waals surface area contributed by atoms with Crippen LogP contribution in [0.3, 0.4) is 0 Å². The zero-order valence-electron chi connectivity index (χ0n) is 13.2. The molecule has 0 bridgehead atoms. The molecule has 0 fully saturated rings. The van der Waals surface area contributed by atoms with Crippen molar-refractivity contribution >= 4 is 23.7 Å². The molecule has 0 atom stereocenters. The number of ether oxygens (including phenoxy) is 1. The summed E-state index contributed by atoms with van der Waals surface area (Å²) in [4.78, 5) is 22.9. The third kappa shape index (κ3) is 4.33. The molecular weight excluding hydrogens is 310 g/mol. The van der Waals surface area contributed by atoms with E-state index in [0.717, 1.165) is 0 Å². The van der Waals surface area contributed by atoms with Crippen LogP contribution in [0.4, 0.5) is 5.69 Å². The molecule has 0 radical (unpaired) electrons. The Balaban J connectivity index is 2.01. The lowest BCUT2D eigenvalue weighted by Gasteiger charge is -2.05. The zero-order chi connectivity index (χ0) is 17.5. The van der Waals surface area contributed by atoms with Gasteiger partial charge in [0.15, 0.2) is 11.5 Å². The van der Waals surface area contributed by atoms with E-state index < -0.39 is 5.91 Å². The maximum absolute atomic E-state index is 12.0. The SMILES string of the molecule is COc1cccc(/C=N\NC(=O)c2ccc(NC(C)=O)cc2)c1O. The van der Waals surface area contributed by atoms with Crippen molar-refractivity contribution in [3.05, 3.63) is 53.6 Å². The van der Waals surface area contributed by atoms with E-state index in [1.165, 1.54) is 20.2 Å². The largest absolute Gasteiger partial charge is 0.504 e. The van der Waals surface area contributed by atoms with Crippen molar-refractivity contribution in [1.29, 1.82) is 0 Å². The molecule has 0 unspecified atom stereocenters. The second kappa shape index (κ2) is 7.77. The van der Waals surface area contributed by atoms with Crippen LogP contribution in [0.5, 0.6) is 11.5 Å². The van der Waals surface area contributed by atoms with E-state index in [9.17, 15) is 14.7 Å². The molecule has 2 aromatic rings. The molecule has 0 aromatic heterocycles. The Bertz CT molecular complexity index is 770. The number of hydrazone groups is 1. The highest BCUT2D eigenvalue weighted by Crippen LogP contribution is 2.27. The van der Waals surface area contributed by atoms with Gasteiger partial charge in [-0.25, -0.2) is 5.43 Å². The van der Waals surface area contributed by atoms with Gasteiger partial charge in [0.25, 0.3) is 5.91 Å². The first kappa shape index (κ1) is 17.0. The zero-order valence-corrected chi connectivity index (χ0v) is 13.2. The van der Waals surface area contributed by atoms with Crippen LogP contribution in [0.2, 0.25) is 0 Å². The number of phenols is 1. The molecule has 0 aliphatic carbocycles. The van der Waals surface area contributed by atoms with Gasteiger partial charge in [-0.15, -0.1) is 0 Å². The van der Waals surface area contributed by atoms with Gasteiger partial charge in [-0.3, -0.25) is 9.59 Å². The quantitative estimate of drug-likeness (QED) is 0.578. The number of rotatable bonds is 5. The molecule has 7 heteroatoms. The predicted molar refractivity (Wildman–Crippen MR) is 90.5 cm³/mol. The van der Waals surface area contributed by atoms with Gasteiger partial charge in [0.2, 0.25) is 5.91 Å². The number of aromatic hydroxyl groups is 1. The van der Waals surface area contributed by atoms with Crippen molar-refractivity contribution in [3.8, 4) is 11.5 Å². The highest BCUT2D eigenvalue weighted by Gasteiger charge is 2.06. The smallest absolute Gasteiger partial charge is 0.271 e. The fraction of sp³-hybridized carbons (Fsp3) is 0.118. The van der Waals surface area contributed by atoms with Gasteiger partial charge >= 0.3 is 0 Å². The number of hydrogen-bond donors (Lipinski definition) is 3. The minimum Gasteiger partial charge on any atom is -0.504 e. The normalized spacial score (nSPS) is 10.4. The Morgan fingerprint density at radius 3 is 2.50 bits per heavy atom. The van der Waals surface area contributed by atoms with E-state index >= 15 is 0 Å². The van der Waals surface area contributed by atoms with E-state index in [-0.39, 0.29) is 11.7 Å². The van der Waals surface area contributed by atoms with Crippen LogP contribution in [0.25, 0.3) is 0 Å². The molecule has 0 aliphatic rings. The van der Waals surface area contributed by atoms with Crippen molar-refractivity contribution in [1.82, 2.24) is 5.43 Å². The molecule has 0 aliphatic heterocycles. The maximum Gasteiger partial charge on any atom is 0.271 e. The summed E-state index contributed by atoms with van der Waals surface area (Å²) in [5, 5.41) is 16.3. The molecule has 0 spiro atoms. The van der Waals surface area contributed by atoms with Gasteiger partial charge in [-0.2, -0.15) is 5.10 Å². The van der Waals surface area contributed by atoms with Crippen LogP contribution in [0.15, 0.2) is 47.6 Å². The van der Waals surface area contributed by atoms with Crippen molar-refractivity contribution in [2.24, 2.45) is 5.10 Å². The minimum atomic E-state index is -0.414. The number of methoxy groups -OCH3 is 1. The van der Waals surface area contributed by atoms with Gasteiger partial charge < -0.3 is 15.2 Å². The first-order valence-corrected chi connectivity index (χ1v) is 7.08. The number of anilines is 1. The fourth-order valence-corrected chi connectivity index (χ4v) is 1.94. The number of carbonyl (C=O) groups excluding carboxylic acids is 2. The highest BCUT2D eigenvalue weighted by atomic mass is 16.5. The van der Waals surface area contributed by atoms with Gasteiger partial charge in [-0.05, 0) is 36.4 Å². The lowest BCUT2D eigenvalue weighted by molar-refractivity contribution is -0.114. The van der Waals surface area contributed by atoms with Crippen LogP contribution in [-0.2, 0) is 4.79 Å². The molecule has 0 saturated carbocycles. The van der Waals surface area contributed by atoms with Crippen LogP contribution >= 0.6 is 0 Å². The highest BCUT2D eigenvalue weighted by molar-refractivity contribution is 5.96. The number of hydrogen-bond acceptors (Lipinski definition) is 5. The fourth-order valence-electron chi connectivity index (χ4n) is 1.94. The molecule has 0 saturated heterocycles. The molecule has 2 aromatic carbocycles. The van der Waals surface area contributed by atoms with E-state index in [1.54, 1.807) is 42.5 Å². The van der Waals surface area contributed by atoms with Crippen molar-refractivity contribution in [3.63, 3.8) is 0 Å². The third-order valence-electron chi connectivity index (χ3n) is 3.09.